The van der Waals surface area contributed by atoms with Gasteiger partial charge >= 0.3 is 0 Å². The van der Waals surface area contributed by atoms with Gasteiger partial charge in [0.05, 0.1) is 11.4 Å². The van der Waals surface area contributed by atoms with E-state index in [9.17, 15) is 4.79 Å². The highest BCUT2D eigenvalue weighted by Crippen LogP contribution is 2.23. The van der Waals surface area contributed by atoms with Crippen molar-refractivity contribution >= 4 is 50.1 Å². The third-order valence-electron chi connectivity index (χ3n) is 3.03. The van der Waals surface area contributed by atoms with Crippen LogP contribution >= 0.6 is 39.0 Å². The number of nitrogens with one attached hydrogen (secondary N) is 1. The minimum absolute atomic E-state index is 0.174. The van der Waals surface area contributed by atoms with E-state index in [0.717, 1.165) is 15.2 Å². The average Bonchev–Trinajstić information content (AvgIpc) is 3.23. The second-order valence-corrected chi connectivity index (χ2v) is 8.15. The summed E-state index contributed by atoms with van der Waals surface area (Å²) in [6, 6.07) is 7.58. The molecule has 0 atom stereocenters. The molecule has 0 aliphatic heterocycles. The Bertz CT molecular complexity index is 862. The molecule has 0 saturated heterocycles. The summed E-state index contributed by atoms with van der Waals surface area (Å²) in [6.07, 6.45) is 0. The van der Waals surface area contributed by atoms with Gasteiger partial charge in [0.1, 0.15) is 5.01 Å². The van der Waals surface area contributed by atoms with Gasteiger partial charge in [-0.3, -0.25) is 10.1 Å². The highest BCUT2D eigenvalue weighted by molar-refractivity contribution is 9.10. The Hall–Kier alpha value is -1.85. The lowest BCUT2D eigenvalue weighted by Crippen LogP contribution is -2.14. The van der Waals surface area contributed by atoms with Crippen molar-refractivity contribution in [3.8, 4) is 5.69 Å². The number of hydrogen-bond donors (Lipinski definition) is 1. The standard InChI is InChI=1S/C14H14BrN7OS2/c1-8(2)12-17-18-13(25-12)16-11(23)7-24-14-19-20-21-22(14)10-5-3-9(15)4-6-10/h3-6,8H,7H2,1-2H3,(H,16,18,23). The maximum atomic E-state index is 12.1. The van der Waals surface area contributed by atoms with E-state index in [2.05, 4.69) is 47.0 Å². The van der Waals surface area contributed by atoms with E-state index in [0.29, 0.717) is 10.3 Å². The quantitative estimate of drug-likeness (QED) is 0.588. The Kier molecular flexibility index (Phi) is 5.76. The minimum Gasteiger partial charge on any atom is -0.300 e. The van der Waals surface area contributed by atoms with Gasteiger partial charge in [0.2, 0.25) is 16.2 Å². The highest BCUT2D eigenvalue weighted by atomic mass is 79.9. The average molecular weight is 440 g/mol. The molecule has 130 valence electrons. The number of amides is 1. The molecule has 0 aliphatic rings. The zero-order valence-corrected chi connectivity index (χ0v) is 16.6. The van der Waals surface area contributed by atoms with E-state index in [1.54, 1.807) is 4.68 Å². The maximum absolute atomic E-state index is 12.1. The summed E-state index contributed by atoms with van der Waals surface area (Å²) in [5.41, 5.74) is 0.821. The highest BCUT2D eigenvalue weighted by Gasteiger charge is 2.14. The smallest absolute Gasteiger partial charge is 0.236 e. The van der Waals surface area contributed by atoms with Crippen molar-refractivity contribution < 1.29 is 4.79 Å². The normalized spacial score (nSPS) is 11.0. The van der Waals surface area contributed by atoms with Gasteiger partial charge in [-0.05, 0) is 34.7 Å². The Balaban J connectivity index is 1.61. The minimum atomic E-state index is -0.179. The Morgan fingerprint density at radius 3 is 2.72 bits per heavy atom. The molecule has 1 amide bonds. The van der Waals surface area contributed by atoms with Crippen LogP contribution in [0.4, 0.5) is 5.13 Å². The van der Waals surface area contributed by atoms with E-state index >= 15 is 0 Å². The molecule has 0 fully saturated rings. The summed E-state index contributed by atoms with van der Waals surface area (Å²) in [6.45, 7) is 4.06. The molecule has 0 aliphatic carbocycles. The molecule has 2 heterocycles. The molecule has 2 aromatic heterocycles. The third kappa shape index (κ3) is 4.61. The Labute approximate surface area is 160 Å². The van der Waals surface area contributed by atoms with E-state index in [1.165, 1.54) is 23.1 Å². The molecule has 0 unspecified atom stereocenters. The topological polar surface area (TPSA) is 98.5 Å². The van der Waals surface area contributed by atoms with Crippen molar-refractivity contribution in [1.82, 2.24) is 30.4 Å². The summed E-state index contributed by atoms with van der Waals surface area (Å²) in [4.78, 5) is 12.1. The summed E-state index contributed by atoms with van der Waals surface area (Å²) in [5.74, 6) is 0.280. The van der Waals surface area contributed by atoms with Gasteiger partial charge in [-0.1, -0.05) is 52.9 Å². The molecule has 3 aromatic rings. The molecule has 3 rings (SSSR count). The zero-order chi connectivity index (χ0) is 17.8. The van der Waals surface area contributed by atoms with E-state index < -0.39 is 0 Å². The van der Waals surface area contributed by atoms with Crippen LogP contribution in [0, 0.1) is 0 Å². The lowest BCUT2D eigenvalue weighted by Gasteiger charge is -2.04. The van der Waals surface area contributed by atoms with Crippen molar-refractivity contribution in [3.63, 3.8) is 0 Å². The zero-order valence-electron chi connectivity index (χ0n) is 13.4. The SMILES string of the molecule is CC(C)c1nnc(NC(=O)CSc2nnnn2-c2ccc(Br)cc2)s1. The number of carbonyl (C=O) groups is 1. The first-order valence-electron chi connectivity index (χ1n) is 7.33. The van der Waals surface area contributed by atoms with Gasteiger partial charge < -0.3 is 0 Å². The lowest BCUT2D eigenvalue weighted by atomic mass is 10.2. The fraction of sp³-hybridized carbons (Fsp3) is 0.286. The van der Waals surface area contributed by atoms with Crippen LogP contribution in [-0.4, -0.2) is 42.1 Å². The van der Waals surface area contributed by atoms with Crippen LogP contribution in [-0.2, 0) is 4.79 Å². The van der Waals surface area contributed by atoms with Gasteiger partial charge in [0.25, 0.3) is 0 Å². The first-order valence-corrected chi connectivity index (χ1v) is 9.93. The number of carbonyl (C=O) groups excluding carboxylic acids is 1. The van der Waals surface area contributed by atoms with Gasteiger partial charge in [-0.15, -0.1) is 15.3 Å². The van der Waals surface area contributed by atoms with Gasteiger partial charge in [0, 0.05) is 10.4 Å². The second-order valence-electron chi connectivity index (χ2n) is 5.29. The number of tetrazole rings is 1. The fourth-order valence-corrected chi connectivity index (χ4v) is 3.53. The summed E-state index contributed by atoms with van der Waals surface area (Å²) in [7, 11) is 0. The number of nitrogens with zero attached hydrogens (tertiary/aromatic N) is 6. The number of hydrogen-bond acceptors (Lipinski definition) is 8. The third-order valence-corrected chi connectivity index (χ3v) is 5.61. The first-order chi connectivity index (χ1) is 12.0. The molecule has 8 nitrogen and oxygen atoms in total. The number of halogens is 1. The molecule has 1 aromatic carbocycles. The first kappa shape index (κ1) is 18.0. The molecule has 1 N–H and O–H groups in total. The maximum Gasteiger partial charge on any atom is 0.236 e. The van der Waals surface area contributed by atoms with Crippen LogP contribution < -0.4 is 5.32 Å². The molecule has 0 radical (unpaired) electrons. The Morgan fingerprint density at radius 1 is 1.28 bits per heavy atom. The van der Waals surface area contributed by atoms with Gasteiger partial charge in [-0.25, -0.2) is 0 Å². The molecule has 0 bridgehead atoms. The number of benzene rings is 1. The van der Waals surface area contributed by atoms with Gasteiger partial charge in [-0.2, -0.15) is 4.68 Å². The predicted molar refractivity (Wildman–Crippen MR) is 100 cm³/mol. The largest absolute Gasteiger partial charge is 0.300 e. The van der Waals surface area contributed by atoms with E-state index in [4.69, 9.17) is 0 Å². The molecule has 0 saturated carbocycles. The number of anilines is 1. The molecular weight excluding hydrogens is 426 g/mol. The number of thioether (sulfide) groups is 1. The van der Waals surface area contributed by atoms with Crippen LogP contribution in [0.1, 0.15) is 24.8 Å². The van der Waals surface area contributed by atoms with Crippen LogP contribution in [0.2, 0.25) is 0 Å². The van der Waals surface area contributed by atoms with Crippen molar-refractivity contribution in [2.45, 2.75) is 24.9 Å². The molecule has 11 heteroatoms. The van der Waals surface area contributed by atoms with Crippen molar-refractivity contribution in [2.75, 3.05) is 11.1 Å². The summed E-state index contributed by atoms with van der Waals surface area (Å²) in [5, 5.41) is 24.3. The molecular formula is C14H14BrN7OS2. The predicted octanol–water partition coefficient (Wildman–Crippen LogP) is 3.13. The Morgan fingerprint density at radius 2 is 2.04 bits per heavy atom. The van der Waals surface area contributed by atoms with Crippen molar-refractivity contribution in [2.24, 2.45) is 0 Å². The molecule has 0 spiro atoms. The van der Waals surface area contributed by atoms with E-state index in [1.807, 2.05) is 38.1 Å². The lowest BCUT2D eigenvalue weighted by molar-refractivity contribution is -0.113. The van der Waals surface area contributed by atoms with Crippen LogP contribution in [0.15, 0.2) is 33.9 Å². The van der Waals surface area contributed by atoms with Crippen molar-refractivity contribution in [3.05, 3.63) is 33.7 Å². The van der Waals surface area contributed by atoms with Gasteiger partial charge in [0.15, 0.2) is 0 Å². The van der Waals surface area contributed by atoms with Crippen LogP contribution in [0.5, 0.6) is 0 Å². The molecule has 25 heavy (non-hydrogen) atoms. The van der Waals surface area contributed by atoms with Crippen molar-refractivity contribution in [1.29, 1.82) is 0 Å². The second kappa shape index (κ2) is 8.02. The number of aromatic nitrogens is 6. The number of rotatable bonds is 6. The van der Waals surface area contributed by atoms with Crippen LogP contribution in [0.3, 0.4) is 0 Å². The summed E-state index contributed by atoms with van der Waals surface area (Å²) >= 11 is 6.02. The summed E-state index contributed by atoms with van der Waals surface area (Å²) < 4.78 is 2.56. The van der Waals surface area contributed by atoms with Crippen LogP contribution in [0.25, 0.3) is 5.69 Å². The fourth-order valence-electron chi connectivity index (χ4n) is 1.82. The van der Waals surface area contributed by atoms with E-state index in [-0.39, 0.29) is 17.6 Å². The monoisotopic (exact) mass is 439 g/mol.